The largest absolute Gasteiger partial charge is 0.446 e. The van der Waals surface area contributed by atoms with Crippen molar-refractivity contribution in [1.29, 1.82) is 0 Å². The minimum Gasteiger partial charge on any atom is -0.446 e. The number of hydrogen-bond donors (Lipinski definition) is 2. The molecule has 0 saturated carbocycles. The smallest absolute Gasteiger partial charge is 0.252 e. The third-order valence-corrected chi connectivity index (χ3v) is 4.58. The third-order valence-electron chi connectivity index (χ3n) is 4.58. The highest BCUT2D eigenvalue weighted by Gasteiger charge is 2.40. The molecule has 2 aromatic rings. The van der Waals surface area contributed by atoms with Gasteiger partial charge in [-0.1, -0.05) is 0 Å². The number of aromatic nitrogens is 1. The number of carbonyl (C=O) groups is 1. The molecule has 0 unspecified atom stereocenters. The Morgan fingerprint density at radius 3 is 3.22 bits per heavy atom. The first-order valence-electron chi connectivity index (χ1n) is 7.59. The van der Waals surface area contributed by atoms with Gasteiger partial charge in [-0.05, 0) is 26.1 Å². The van der Waals surface area contributed by atoms with Crippen molar-refractivity contribution in [3.63, 3.8) is 0 Å². The average Bonchev–Trinajstić information content (AvgIpc) is 3.04. The van der Waals surface area contributed by atoms with Crippen LogP contribution in [0.15, 0.2) is 29.0 Å². The number of amides is 1. The summed E-state index contributed by atoms with van der Waals surface area (Å²) in [6.07, 6.45) is 3.02. The Balaban J connectivity index is 1.71. The molecule has 2 atom stereocenters. The molecule has 2 N–H and O–H groups in total. The first-order chi connectivity index (χ1) is 11.1. The number of morpholine rings is 1. The summed E-state index contributed by atoms with van der Waals surface area (Å²) in [6, 6.07) is 3.67. The van der Waals surface area contributed by atoms with Crippen LogP contribution in [0, 0.1) is 0 Å². The SMILES string of the molecule is C[C@@H]1COC[C@@](CO)(CNC(=O)c2cnc3occc3c2)N1C. The van der Waals surface area contributed by atoms with Crippen LogP contribution in [0.1, 0.15) is 17.3 Å². The van der Waals surface area contributed by atoms with E-state index in [4.69, 9.17) is 9.15 Å². The van der Waals surface area contributed by atoms with E-state index in [0.29, 0.717) is 31.0 Å². The number of nitrogens with one attached hydrogen (secondary N) is 1. The summed E-state index contributed by atoms with van der Waals surface area (Å²) in [5, 5.41) is 13.5. The molecule has 3 heterocycles. The number of rotatable bonds is 4. The molecule has 1 saturated heterocycles. The molecule has 3 rings (SSSR count). The number of hydrogen-bond acceptors (Lipinski definition) is 6. The number of nitrogens with zero attached hydrogens (tertiary/aromatic N) is 2. The maximum Gasteiger partial charge on any atom is 0.252 e. The monoisotopic (exact) mass is 319 g/mol. The lowest BCUT2D eigenvalue weighted by Crippen LogP contribution is -2.65. The zero-order valence-corrected chi connectivity index (χ0v) is 13.3. The van der Waals surface area contributed by atoms with Gasteiger partial charge in [0, 0.05) is 24.2 Å². The fourth-order valence-electron chi connectivity index (χ4n) is 2.82. The minimum atomic E-state index is -0.611. The van der Waals surface area contributed by atoms with Crippen molar-refractivity contribution in [2.24, 2.45) is 0 Å². The van der Waals surface area contributed by atoms with Gasteiger partial charge in [-0.15, -0.1) is 0 Å². The van der Waals surface area contributed by atoms with Crippen molar-refractivity contribution in [2.45, 2.75) is 18.5 Å². The fourth-order valence-corrected chi connectivity index (χ4v) is 2.82. The van der Waals surface area contributed by atoms with E-state index in [9.17, 15) is 9.90 Å². The van der Waals surface area contributed by atoms with Crippen LogP contribution in [0.25, 0.3) is 11.1 Å². The summed E-state index contributed by atoms with van der Waals surface area (Å²) < 4.78 is 10.7. The Labute approximate surface area is 134 Å². The van der Waals surface area contributed by atoms with Gasteiger partial charge in [0.05, 0.1) is 37.2 Å². The van der Waals surface area contributed by atoms with Gasteiger partial charge >= 0.3 is 0 Å². The summed E-state index contributed by atoms with van der Waals surface area (Å²) in [5.74, 6) is -0.236. The Kier molecular flexibility index (Phi) is 4.34. The van der Waals surface area contributed by atoms with E-state index < -0.39 is 5.54 Å². The number of likely N-dealkylation sites (N-methyl/N-ethyl adjacent to an activating group) is 1. The molecule has 0 radical (unpaired) electrons. The fraction of sp³-hybridized carbons (Fsp3) is 0.500. The molecule has 23 heavy (non-hydrogen) atoms. The van der Waals surface area contributed by atoms with Gasteiger partial charge in [0.2, 0.25) is 5.71 Å². The first-order valence-corrected chi connectivity index (χ1v) is 7.59. The van der Waals surface area contributed by atoms with E-state index in [1.54, 1.807) is 12.1 Å². The molecule has 0 aromatic carbocycles. The molecule has 0 bridgehead atoms. The summed E-state index contributed by atoms with van der Waals surface area (Å²) in [7, 11) is 1.94. The maximum absolute atomic E-state index is 12.4. The van der Waals surface area contributed by atoms with Crippen molar-refractivity contribution in [2.75, 3.05) is 33.4 Å². The number of carbonyl (C=O) groups excluding carboxylic acids is 1. The second-order valence-electron chi connectivity index (χ2n) is 6.08. The van der Waals surface area contributed by atoms with Crippen LogP contribution in [-0.2, 0) is 4.74 Å². The van der Waals surface area contributed by atoms with Crippen molar-refractivity contribution in [1.82, 2.24) is 15.2 Å². The molecule has 0 spiro atoms. The van der Waals surface area contributed by atoms with Crippen LogP contribution in [0.5, 0.6) is 0 Å². The number of fused-ring (bicyclic) bond motifs is 1. The van der Waals surface area contributed by atoms with Crippen LogP contribution in [0.2, 0.25) is 0 Å². The standard InChI is InChI=1S/C16H21N3O4/c1-11-7-22-10-16(9-20,19(11)2)8-18-14(21)13-5-12-3-4-23-15(12)17-6-13/h3-6,11,20H,7-10H2,1-2H3,(H,18,21)/t11-,16+/m1/s1. The van der Waals surface area contributed by atoms with Crippen LogP contribution >= 0.6 is 0 Å². The van der Waals surface area contributed by atoms with Gasteiger partial charge in [-0.3, -0.25) is 9.69 Å². The van der Waals surface area contributed by atoms with E-state index in [1.165, 1.54) is 12.5 Å². The van der Waals surface area contributed by atoms with Gasteiger partial charge in [0.25, 0.3) is 5.91 Å². The predicted molar refractivity (Wildman–Crippen MR) is 84.2 cm³/mol. The van der Waals surface area contributed by atoms with Crippen LogP contribution < -0.4 is 5.32 Å². The van der Waals surface area contributed by atoms with Gasteiger partial charge in [0.1, 0.15) is 0 Å². The van der Waals surface area contributed by atoms with E-state index in [-0.39, 0.29) is 18.6 Å². The molecule has 7 nitrogen and oxygen atoms in total. The molecule has 2 aromatic heterocycles. The summed E-state index contributed by atoms with van der Waals surface area (Å²) in [4.78, 5) is 18.5. The third kappa shape index (κ3) is 2.95. The van der Waals surface area contributed by atoms with Crippen LogP contribution in [-0.4, -0.2) is 65.9 Å². The molecule has 1 fully saturated rings. The van der Waals surface area contributed by atoms with E-state index in [2.05, 4.69) is 15.2 Å². The van der Waals surface area contributed by atoms with Crippen molar-refractivity contribution in [3.8, 4) is 0 Å². The summed E-state index contributed by atoms with van der Waals surface area (Å²) in [6.45, 7) is 3.23. The quantitative estimate of drug-likeness (QED) is 0.860. The molecule has 0 aliphatic carbocycles. The summed E-state index contributed by atoms with van der Waals surface area (Å²) in [5.41, 5.74) is 0.350. The second kappa shape index (κ2) is 6.27. The Bertz CT molecular complexity index is 701. The zero-order valence-electron chi connectivity index (χ0n) is 13.3. The molecule has 1 aliphatic heterocycles. The lowest BCUT2D eigenvalue weighted by Gasteiger charge is -2.47. The van der Waals surface area contributed by atoms with E-state index >= 15 is 0 Å². The number of furan rings is 1. The molecule has 1 amide bonds. The Morgan fingerprint density at radius 1 is 1.61 bits per heavy atom. The first kappa shape index (κ1) is 15.9. The molecule has 1 aliphatic rings. The highest BCUT2D eigenvalue weighted by atomic mass is 16.5. The van der Waals surface area contributed by atoms with Gasteiger partial charge in [0.15, 0.2) is 0 Å². The van der Waals surface area contributed by atoms with Gasteiger partial charge in [-0.2, -0.15) is 0 Å². The van der Waals surface area contributed by atoms with Crippen LogP contribution in [0.4, 0.5) is 0 Å². The average molecular weight is 319 g/mol. The maximum atomic E-state index is 12.4. The number of aliphatic hydroxyl groups is 1. The molecule has 124 valence electrons. The lowest BCUT2D eigenvalue weighted by molar-refractivity contribution is -0.105. The number of pyridine rings is 1. The second-order valence-corrected chi connectivity index (χ2v) is 6.08. The van der Waals surface area contributed by atoms with Gasteiger partial charge in [-0.25, -0.2) is 4.98 Å². The van der Waals surface area contributed by atoms with Crippen LogP contribution in [0.3, 0.4) is 0 Å². The predicted octanol–water partition coefficient (Wildman–Crippen LogP) is 0.639. The van der Waals surface area contributed by atoms with E-state index in [0.717, 1.165) is 5.39 Å². The van der Waals surface area contributed by atoms with Crippen molar-refractivity contribution >= 4 is 17.0 Å². The molecule has 7 heteroatoms. The number of aliphatic hydroxyl groups excluding tert-OH is 1. The highest BCUT2D eigenvalue weighted by Crippen LogP contribution is 2.22. The zero-order chi connectivity index (χ0) is 16.4. The highest BCUT2D eigenvalue weighted by molar-refractivity contribution is 5.96. The van der Waals surface area contributed by atoms with Gasteiger partial charge < -0.3 is 19.6 Å². The normalized spacial score (nSPS) is 25.6. The minimum absolute atomic E-state index is 0.0901. The summed E-state index contributed by atoms with van der Waals surface area (Å²) >= 11 is 0. The molecular weight excluding hydrogens is 298 g/mol. The topological polar surface area (TPSA) is 87.8 Å². The van der Waals surface area contributed by atoms with Crippen molar-refractivity contribution in [3.05, 3.63) is 30.2 Å². The Hall–Kier alpha value is -1.96. The molecular formula is C16H21N3O4. The lowest BCUT2D eigenvalue weighted by atomic mass is 9.96. The Morgan fingerprint density at radius 2 is 2.43 bits per heavy atom. The van der Waals surface area contributed by atoms with Crippen molar-refractivity contribution < 1.29 is 19.1 Å². The number of ether oxygens (including phenoxy) is 1. The van der Waals surface area contributed by atoms with E-state index in [1.807, 2.05) is 14.0 Å².